The Hall–Kier alpha value is -0.0800. The van der Waals surface area contributed by atoms with E-state index in [2.05, 4.69) is 31.0 Å². The maximum atomic E-state index is 3.57. The van der Waals surface area contributed by atoms with Crippen LogP contribution < -0.4 is 5.32 Å². The average Bonchev–Trinajstić information content (AvgIpc) is 2.75. The molecule has 0 radical (unpaired) electrons. The lowest BCUT2D eigenvalue weighted by Crippen LogP contribution is -2.36. The molecule has 0 spiro atoms. The summed E-state index contributed by atoms with van der Waals surface area (Å²) in [6, 6.07) is 2.37. The SMILES string of the molecule is CC1CC(CC2CCCN2C(C)C)CN1. The molecule has 0 aromatic heterocycles. The molecular formula is C13H26N2. The molecule has 3 atom stereocenters. The van der Waals surface area contributed by atoms with E-state index in [1.54, 1.807) is 0 Å². The van der Waals surface area contributed by atoms with Crippen LogP contribution in [0.5, 0.6) is 0 Å². The van der Waals surface area contributed by atoms with E-state index in [4.69, 9.17) is 0 Å². The maximum Gasteiger partial charge on any atom is 0.0102 e. The Bertz CT molecular complexity index is 203. The third kappa shape index (κ3) is 2.73. The van der Waals surface area contributed by atoms with Crippen LogP contribution in [0, 0.1) is 5.92 Å². The van der Waals surface area contributed by atoms with Gasteiger partial charge in [0.2, 0.25) is 0 Å². The molecule has 2 nitrogen and oxygen atoms in total. The zero-order valence-electron chi connectivity index (χ0n) is 10.5. The second-order valence-corrected chi connectivity index (χ2v) is 5.77. The summed E-state index contributed by atoms with van der Waals surface area (Å²) in [4.78, 5) is 2.71. The van der Waals surface area contributed by atoms with Gasteiger partial charge in [-0.1, -0.05) is 0 Å². The molecule has 2 rings (SSSR count). The molecule has 0 aromatic rings. The summed E-state index contributed by atoms with van der Waals surface area (Å²) in [7, 11) is 0. The van der Waals surface area contributed by atoms with Crippen molar-refractivity contribution in [2.24, 2.45) is 5.92 Å². The largest absolute Gasteiger partial charge is 0.314 e. The highest BCUT2D eigenvalue weighted by Crippen LogP contribution is 2.28. The van der Waals surface area contributed by atoms with Gasteiger partial charge in [-0.15, -0.1) is 0 Å². The van der Waals surface area contributed by atoms with Crippen molar-refractivity contribution in [1.29, 1.82) is 0 Å². The summed E-state index contributed by atoms with van der Waals surface area (Å²) in [5.74, 6) is 0.935. The van der Waals surface area contributed by atoms with Gasteiger partial charge in [0.15, 0.2) is 0 Å². The van der Waals surface area contributed by atoms with Crippen LogP contribution in [0.1, 0.15) is 46.5 Å². The van der Waals surface area contributed by atoms with E-state index in [-0.39, 0.29) is 0 Å². The van der Waals surface area contributed by atoms with Crippen LogP contribution in [0.2, 0.25) is 0 Å². The van der Waals surface area contributed by atoms with E-state index in [9.17, 15) is 0 Å². The normalized spacial score (nSPS) is 38.0. The fraction of sp³-hybridized carbons (Fsp3) is 1.00. The lowest BCUT2D eigenvalue weighted by Gasteiger charge is -2.29. The molecule has 0 saturated carbocycles. The van der Waals surface area contributed by atoms with E-state index in [1.165, 1.54) is 38.8 Å². The van der Waals surface area contributed by atoms with E-state index < -0.39 is 0 Å². The van der Waals surface area contributed by atoms with Crippen molar-refractivity contribution in [2.75, 3.05) is 13.1 Å². The van der Waals surface area contributed by atoms with Crippen LogP contribution in [0.25, 0.3) is 0 Å². The summed E-state index contributed by atoms with van der Waals surface area (Å²) < 4.78 is 0. The fourth-order valence-electron chi connectivity index (χ4n) is 3.39. The van der Waals surface area contributed by atoms with Crippen molar-refractivity contribution in [1.82, 2.24) is 10.2 Å². The Morgan fingerprint density at radius 2 is 2.20 bits per heavy atom. The lowest BCUT2D eigenvalue weighted by atomic mass is 9.95. The molecular weight excluding hydrogens is 184 g/mol. The van der Waals surface area contributed by atoms with Gasteiger partial charge in [0.25, 0.3) is 0 Å². The smallest absolute Gasteiger partial charge is 0.0102 e. The van der Waals surface area contributed by atoms with Gasteiger partial charge in [-0.3, -0.25) is 4.90 Å². The molecule has 2 aliphatic heterocycles. The van der Waals surface area contributed by atoms with E-state index >= 15 is 0 Å². The van der Waals surface area contributed by atoms with Crippen LogP contribution in [0.15, 0.2) is 0 Å². The molecule has 0 aliphatic carbocycles. The molecule has 15 heavy (non-hydrogen) atoms. The van der Waals surface area contributed by atoms with Gasteiger partial charge in [-0.2, -0.15) is 0 Å². The number of rotatable bonds is 3. The molecule has 2 aliphatic rings. The Balaban J connectivity index is 1.83. The predicted octanol–water partition coefficient (Wildman–Crippen LogP) is 2.25. The molecule has 0 amide bonds. The van der Waals surface area contributed by atoms with Crippen molar-refractivity contribution < 1.29 is 0 Å². The lowest BCUT2D eigenvalue weighted by molar-refractivity contribution is 0.179. The second kappa shape index (κ2) is 4.84. The number of hydrogen-bond acceptors (Lipinski definition) is 2. The third-order valence-electron chi connectivity index (χ3n) is 4.13. The second-order valence-electron chi connectivity index (χ2n) is 5.77. The Labute approximate surface area is 94.4 Å². The Morgan fingerprint density at radius 1 is 1.40 bits per heavy atom. The quantitative estimate of drug-likeness (QED) is 0.768. The summed E-state index contributed by atoms with van der Waals surface area (Å²) >= 11 is 0. The number of likely N-dealkylation sites (tertiary alicyclic amines) is 1. The van der Waals surface area contributed by atoms with Gasteiger partial charge in [0, 0.05) is 18.1 Å². The summed E-state index contributed by atoms with van der Waals surface area (Å²) in [6.07, 6.45) is 5.67. The van der Waals surface area contributed by atoms with Crippen molar-refractivity contribution >= 4 is 0 Å². The van der Waals surface area contributed by atoms with Crippen molar-refractivity contribution in [3.8, 4) is 0 Å². The minimum absolute atomic E-state index is 0.740. The van der Waals surface area contributed by atoms with Gasteiger partial charge in [0.05, 0.1) is 0 Å². The monoisotopic (exact) mass is 210 g/mol. The molecule has 0 bridgehead atoms. The molecule has 2 fully saturated rings. The Morgan fingerprint density at radius 3 is 2.80 bits per heavy atom. The zero-order valence-corrected chi connectivity index (χ0v) is 10.5. The number of hydrogen-bond donors (Lipinski definition) is 1. The van der Waals surface area contributed by atoms with Gasteiger partial charge in [0.1, 0.15) is 0 Å². The van der Waals surface area contributed by atoms with Gasteiger partial charge in [-0.25, -0.2) is 0 Å². The Kier molecular flexibility index (Phi) is 3.68. The van der Waals surface area contributed by atoms with Gasteiger partial charge in [-0.05, 0) is 65.5 Å². The first-order valence-electron chi connectivity index (χ1n) is 6.66. The molecule has 2 heteroatoms. The highest BCUT2D eigenvalue weighted by atomic mass is 15.2. The number of nitrogens with one attached hydrogen (secondary N) is 1. The van der Waals surface area contributed by atoms with E-state index in [0.717, 1.165) is 24.0 Å². The van der Waals surface area contributed by atoms with Crippen LogP contribution in [0.3, 0.4) is 0 Å². The van der Waals surface area contributed by atoms with Crippen LogP contribution >= 0.6 is 0 Å². The fourth-order valence-corrected chi connectivity index (χ4v) is 3.39. The standard InChI is InChI=1S/C13H26N2/c1-10(2)15-6-4-5-13(15)8-12-7-11(3)14-9-12/h10-14H,4-9H2,1-3H3. The third-order valence-corrected chi connectivity index (χ3v) is 4.13. The predicted molar refractivity (Wildman–Crippen MR) is 65.1 cm³/mol. The van der Waals surface area contributed by atoms with Crippen LogP contribution in [-0.4, -0.2) is 36.1 Å². The molecule has 1 N–H and O–H groups in total. The van der Waals surface area contributed by atoms with Crippen LogP contribution in [-0.2, 0) is 0 Å². The first-order chi connectivity index (χ1) is 7.16. The average molecular weight is 210 g/mol. The van der Waals surface area contributed by atoms with Crippen molar-refractivity contribution in [2.45, 2.75) is 64.6 Å². The van der Waals surface area contributed by atoms with E-state index in [1.807, 2.05) is 0 Å². The highest BCUT2D eigenvalue weighted by molar-refractivity contribution is 4.87. The molecule has 0 aromatic carbocycles. The topological polar surface area (TPSA) is 15.3 Å². The zero-order chi connectivity index (χ0) is 10.8. The van der Waals surface area contributed by atoms with Crippen LogP contribution in [0.4, 0.5) is 0 Å². The molecule has 2 heterocycles. The minimum atomic E-state index is 0.740. The molecule has 2 saturated heterocycles. The van der Waals surface area contributed by atoms with E-state index in [0.29, 0.717) is 0 Å². The minimum Gasteiger partial charge on any atom is -0.314 e. The summed E-state index contributed by atoms with van der Waals surface area (Å²) in [5, 5.41) is 3.57. The van der Waals surface area contributed by atoms with Gasteiger partial charge < -0.3 is 5.32 Å². The molecule has 3 unspecified atom stereocenters. The summed E-state index contributed by atoms with van der Waals surface area (Å²) in [6.45, 7) is 9.58. The molecule has 88 valence electrons. The van der Waals surface area contributed by atoms with Gasteiger partial charge >= 0.3 is 0 Å². The summed E-state index contributed by atoms with van der Waals surface area (Å²) in [5.41, 5.74) is 0. The van der Waals surface area contributed by atoms with Crippen molar-refractivity contribution in [3.05, 3.63) is 0 Å². The van der Waals surface area contributed by atoms with Crippen molar-refractivity contribution in [3.63, 3.8) is 0 Å². The maximum absolute atomic E-state index is 3.57. The highest BCUT2D eigenvalue weighted by Gasteiger charge is 2.30. The number of nitrogens with zero attached hydrogens (tertiary/aromatic N) is 1. The first kappa shape index (κ1) is 11.4. The first-order valence-corrected chi connectivity index (χ1v) is 6.66.